The number of ether oxygens (including phenoxy) is 3. The molecule has 0 spiro atoms. The van der Waals surface area contributed by atoms with Crippen LogP contribution in [0.25, 0.3) is 0 Å². The van der Waals surface area contributed by atoms with Crippen molar-refractivity contribution < 1.29 is 19.0 Å². The van der Waals surface area contributed by atoms with Crippen LogP contribution in [-0.4, -0.2) is 61.8 Å². The normalized spacial score (nSPS) is 28.5. The second-order valence-electron chi connectivity index (χ2n) is 7.95. The van der Waals surface area contributed by atoms with Gasteiger partial charge >= 0.3 is 5.97 Å². The highest BCUT2D eigenvalue weighted by molar-refractivity contribution is 5.95. The predicted octanol–water partition coefficient (Wildman–Crippen LogP) is 3.47. The maximum atomic E-state index is 11.8. The lowest BCUT2D eigenvalue weighted by molar-refractivity contribution is -0.143. The zero-order valence-electron chi connectivity index (χ0n) is 17.1. The largest absolute Gasteiger partial charge is 0.474 e. The number of nitrogens with one attached hydrogen (secondary N) is 1. The minimum absolute atomic E-state index is 0.0899. The first-order chi connectivity index (χ1) is 13.6. The van der Waals surface area contributed by atoms with Gasteiger partial charge in [0, 0.05) is 24.7 Å². The molecule has 6 nitrogen and oxygen atoms in total. The van der Waals surface area contributed by atoms with Crippen molar-refractivity contribution in [3.63, 3.8) is 0 Å². The van der Waals surface area contributed by atoms with Crippen molar-refractivity contribution in [1.29, 1.82) is 5.41 Å². The van der Waals surface area contributed by atoms with Gasteiger partial charge in [0.25, 0.3) is 0 Å². The molecular formula is C22H34N2O4. The van der Waals surface area contributed by atoms with Gasteiger partial charge in [-0.15, -0.1) is 0 Å². The van der Waals surface area contributed by atoms with Gasteiger partial charge in [-0.2, -0.15) is 0 Å². The van der Waals surface area contributed by atoms with E-state index in [4.69, 9.17) is 19.6 Å². The van der Waals surface area contributed by atoms with Crippen LogP contribution in [0.1, 0.15) is 51.9 Å². The van der Waals surface area contributed by atoms with E-state index in [0.29, 0.717) is 24.6 Å². The molecule has 3 aliphatic rings. The molecule has 0 amide bonds. The topological polar surface area (TPSA) is 71.8 Å². The van der Waals surface area contributed by atoms with E-state index in [9.17, 15) is 4.79 Å². The number of esters is 1. The SMILES string of the molecule is C=C(C(=N)O[C@H]1CC[C@H](N2CCOCC2)CC1)C1=CCC[C@@H]1CC(=O)OCC. The average Bonchev–Trinajstić information content (AvgIpc) is 3.16. The van der Waals surface area contributed by atoms with Crippen molar-refractivity contribution >= 4 is 11.9 Å². The van der Waals surface area contributed by atoms with Crippen LogP contribution in [-0.2, 0) is 19.0 Å². The van der Waals surface area contributed by atoms with Gasteiger partial charge in [-0.05, 0) is 56.9 Å². The number of morpholine rings is 1. The number of hydrogen-bond donors (Lipinski definition) is 1. The summed E-state index contributed by atoms with van der Waals surface area (Å²) < 4.78 is 16.5. The molecular weight excluding hydrogens is 356 g/mol. The lowest BCUT2D eigenvalue weighted by Crippen LogP contribution is -2.45. The van der Waals surface area contributed by atoms with E-state index in [1.165, 1.54) is 0 Å². The van der Waals surface area contributed by atoms with Crippen molar-refractivity contribution in [1.82, 2.24) is 4.90 Å². The van der Waals surface area contributed by atoms with Gasteiger partial charge < -0.3 is 14.2 Å². The van der Waals surface area contributed by atoms with Crippen LogP contribution >= 0.6 is 0 Å². The van der Waals surface area contributed by atoms with Crippen LogP contribution in [0.3, 0.4) is 0 Å². The third-order valence-electron chi connectivity index (χ3n) is 6.15. The van der Waals surface area contributed by atoms with Crippen molar-refractivity contribution in [3.05, 3.63) is 23.8 Å². The van der Waals surface area contributed by atoms with Crippen LogP contribution in [0.4, 0.5) is 0 Å². The lowest BCUT2D eigenvalue weighted by atomic mass is 9.90. The molecule has 2 fully saturated rings. The summed E-state index contributed by atoms with van der Waals surface area (Å²) in [7, 11) is 0. The summed E-state index contributed by atoms with van der Waals surface area (Å²) in [6.07, 6.45) is 8.54. The molecule has 28 heavy (non-hydrogen) atoms. The minimum Gasteiger partial charge on any atom is -0.474 e. The number of allylic oxidation sites excluding steroid dienone is 1. The van der Waals surface area contributed by atoms with Gasteiger partial charge in [0.05, 0.1) is 26.2 Å². The van der Waals surface area contributed by atoms with Crippen LogP contribution in [0.2, 0.25) is 0 Å². The first kappa shape index (κ1) is 21.1. The first-order valence-electron chi connectivity index (χ1n) is 10.7. The Labute approximate surface area is 168 Å². The van der Waals surface area contributed by atoms with Gasteiger partial charge in [0.15, 0.2) is 0 Å². The Morgan fingerprint density at radius 3 is 2.64 bits per heavy atom. The summed E-state index contributed by atoms with van der Waals surface area (Å²) in [6, 6.07) is 0.618. The Bertz CT molecular complexity index is 602. The zero-order valence-corrected chi connectivity index (χ0v) is 17.1. The number of carbonyl (C=O) groups excluding carboxylic acids is 1. The molecule has 156 valence electrons. The smallest absolute Gasteiger partial charge is 0.306 e. The molecule has 6 heteroatoms. The summed E-state index contributed by atoms with van der Waals surface area (Å²) in [4.78, 5) is 14.4. The van der Waals surface area contributed by atoms with Crippen molar-refractivity contribution in [2.24, 2.45) is 5.92 Å². The van der Waals surface area contributed by atoms with E-state index < -0.39 is 0 Å². The summed E-state index contributed by atoms with van der Waals surface area (Å²) in [5.41, 5.74) is 1.61. The molecule has 1 heterocycles. The van der Waals surface area contributed by atoms with Crippen LogP contribution in [0.15, 0.2) is 23.8 Å². The summed E-state index contributed by atoms with van der Waals surface area (Å²) in [5.74, 6) is 0.0753. The first-order valence-corrected chi connectivity index (χ1v) is 10.7. The predicted molar refractivity (Wildman–Crippen MR) is 108 cm³/mol. The molecule has 0 aromatic heterocycles. The zero-order chi connectivity index (χ0) is 19.9. The summed E-state index contributed by atoms with van der Waals surface area (Å²) >= 11 is 0. The molecule has 1 N–H and O–H groups in total. The standard InChI is InChI=1S/C22H34N2O4/c1-3-27-21(25)15-17-5-4-6-20(17)16(2)22(23)28-19-9-7-18(8-10-19)24-11-13-26-14-12-24/h6,17-19,23H,2-5,7-15H2,1H3/t17-,18-,19-/m1/s1. The highest BCUT2D eigenvalue weighted by atomic mass is 16.5. The van der Waals surface area contributed by atoms with Gasteiger partial charge in [-0.25, -0.2) is 0 Å². The quantitative estimate of drug-likeness (QED) is 0.409. The van der Waals surface area contributed by atoms with Crippen molar-refractivity contribution in [2.45, 2.75) is 64.0 Å². The number of nitrogens with zero attached hydrogens (tertiary/aromatic N) is 1. The summed E-state index contributed by atoms with van der Waals surface area (Å²) in [6.45, 7) is 10.0. The molecule has 1 saturated heterocycles. The fourth-order valence-corrected chi connectivity index (χ4v) is 4.60. The van der Waals surface area contributed by atoms with Crippen LogP contribution < -0.4 is 0 Å². The van der Waals surface area contributed by atoms with Gasteiger partial charge in [-0.3, -0.25) is 15.1 Å². The fourth-order valence-electron chi connectivity index (χ4n) is 4.60. The Kier molecular flexibility index (Phi) is 7.68. The van der Waals surface area contributed by atoms with Gasteiger partial charge in [0.2, 0.25) is 5.90 Å². The highest BCUT2D eigenvalue weighted by Gasteiger charge is 2.30. The summed E-state index contributed by atoms with van der Waals surface area (Å²) in [5, 5.41) is 8.39. The Morgan fingerprint density at radius 2 is 1.96 bits per heavy atom. The molecule has 1 atom stereocenters. The Balaban J connectivity index is 1.45. The maximum absolute atomic E-state index is 11.8. The van der Waals surface area contributed by atoms with Crippen LogP contribution in [0, 0.1) is 11.3 Å². The Morgan fingerprint density at radius 1 is 1.25 bits per heavy atom. The molecule has 2 aliphatic carbocycles. The minimum atomic E-state index is -0.179. The average molecular weight is 391 g/mol. The van der Waals surface area contributed by atoms with Gasteiger partial charge in [-0.1, -0.05) is 12.7 Å². The Hall–Kier alpha value is -1.66. The fraction of sp³-hybridized carbons (Fsp3) is 0.727. The maximum Gasteiger partial charge on any atom is 0.306 e. The number of rotatable bonds is 7. The molecule has 0 aromatic rings. The molecule has 0 unspecified atom stereocenters. The van der Waals surface area contributed by atoms with E-state index >= 15 is 0 Å². The van der Waals surface area contributed by atoms with Crippen LogP contribution in [0.5, 0.6) is 0 Å². The lowest BCUT2D eigenvalue weighted by Gasteiger charge is -2.38. The monoisotopic (exact) mass is 390 g/mol. The van der Waals surface area contributed by atoms with E-state index in [2.05, 4.69) is 17.6 Å². The third kappa shape index (κ3) is 5.45. The molecule has 0 aromatic carbocycles. The second kappa shape index (κ2) is 10.2. The van der Waals surface area contributed by atoms with E-state index in [1.807, 2.05) is 6.92 Å². The second-order valence-corrected chi connectivity index (χ2v) is 7.95. The third-order valence-corrected chi connectivity index (χ3v) is 6.15. The molecule has 0 bridgehead atoms. The van der Waals surface area contributed by atoms with E-state index in [0.717, 1.165) is 70.4 Å². The van der Waals surface area contributed by atoms with Gasteiger partial charge in [0.1, 0.15) is 6.10 Å². The molecule has 3 rings (SSSR count). The number of hydrogen-bond acceptors (Lipinski definition) is 6. The van der Waals surface area contributed by atoms with E-state index in [-0.39, 0.29) is 23.9 Å². The molecule has 1 saturated carbocycles. The number of carbonyl (C=O) groups is 1. The van der Waals surface area contributed by atoms with E-state index in [1.54, 1.807) is 0 Å². The van der Waals surface area contributed by atoms with Crippen molar-refractivity contribution in [3.8, 4) is 0 Å². The van der Waals surface area contributed by atoms with Crippen molar-refractivity contribution in [2.75, 3.05) is 32.9 Å². The highest BCUT2D eigenvalue weighted by Crippen LogP contribution is 2.35. The molecule has 1 aliphatic heterocycles. The molecule has 0 radical (unpaired) electrons.